The van der Waals surface area contributed by atoms with Gasteiger partial charge >= 0.3 is 11.7 Å². The predicted molar refractivity (Wildman–Crippen MR) is 149 cm³/mol. The number of ketones is 1. The fourth-order valence-corrected chi connectivity index (χ4v) is 6.34. The molecule has 1 aliphatic rings. The van der Waals surface area contributed by atoms with Gasteiger partial charge in [0.2, 0.25) is 21.7 Å². The number of anilines is 2. The molecule has 4 rings (SSSR count). The summed E-state index contributed by atoms with van der Waals surface area (Å²) in [7, 11) is -1.61. The molecule has 0 unspecified atom stereocenters. The number of fused-ring (bicyclic) bond motifs is 1. The molecule has 0 fully saturated rings. The van der Waals surface area contributed by atoms with E-state index in [-0.39, 0.29) is 23.2 Å². The number of amides is 1. The van der Waals surface area contributed by atoms with Gasteiger partial charge < -0.3 is 15.8 Å². The van der Waals surface area contributed by atoms with Crippen molar-refractivity contribution in [2.75, 3.05) is 24.2 Å². The van der Waals surface area contributed by atoms with Crippen LogP contribution in [0.25, 0.3) is 0 Å². The van der Waals surface area contributed by atoms with Crippen molar-refractivity contribution in [3.8, 4) is 0 Å². The average Bonchev–Trinajstić information content (AvgIpc) is 2.94. The van der Waals surface area contributed by atoms with E-state index in [1.54, 1.807) is 12.1 Å². The number of benzene rings is 2. The Morgan fingerprint density at radius 2 is 1.68 bits per heavy atom. The van der Waals surface area contributed by atoms with E-state index in [0.717, 1.165) is 14.7 Å². The van der Waals surface area contributed by atoms with E-state index in [4.69, 9.17) is 10.5 Å². The fraction of sp³-hybridized carbons (Fsp3) is 0.296. The normalized spacial score (nSPS) is 15.1. The summed E-state index contributed by atoms with van der Waals surface area (Å²) in [5.74, 6) is -2.44. The fourth-order valence-electron chi connectivity index (χ4n) is 4.73. The maximum absolute atomic E-state index is 13.7. The first-order valence-electron chi connectivity index (χ1n) is 12.5. The molecule has 1 aliphatic heterocycles. The van der Waals surface area contributed by atoms with Gasteiger partial charge in [0.15, 0.2) is 6.61 Å². The molecule has 0 bridgehead atoms. The molecule has 41 heavy (non-hydrogen) atoms. The predicted octanol–water partition coefficient (Wildman–Crippen LogP) is 0.729. The van der Waals surface area contributed by atoms with Gasteiger partial charge in [-0.1, -0.05) is 24.3 Å². The Labute approximate surface area is 235 Å². The maximum Gasteiger partial charge on any atom is 0.332 e. The van der Waals surface area contributed by atoms with Gasteiger partial charge in [-0.25, -0.2) is 13.2 Å². The number of nitrogens with one attached hydrogen (secondary N) is 1. The number of nitrogens with two attached hydrogens (primary N) is 1. The molecule has 0 spiro atoms. The molecule has 0 saturated heterocycles. The number of aromatic nitrogens is 2. The summed E-state index contributed by atoms with van der Waals surface area (Å²) < 4.78 is 35.4. The van der Waals surface area contributed by atoms with Gasteiger partial charge in [-0.2, -0.15) is 4.31 Å². The molecule has 13 nitrogen and oxygen atoms in total. The number of rotatable bonds is 8. The standard InChI is InChI=1S/C27H29N5O8S/c1-16(33)29-18-8-10-19(11-9-18)41(38,39)32-13-12-17-6-4-5-7-20(17)21(32)14-23(35)40-15-22(34)24-25(28)30(2)27(37)31(3)26(24)36/h4-11,21H,12-15,28H2,1-3H3,(H,29,33)/t21-/m0/s1. The second kappa shape index (κ2) is 11.5. The highest BCUT2D eigenvalue weighted by atomic mass is 32.2. The van der Waals surface area contributed by atoms with Crippen LogP contribution in [-0.4, -0.2) is 52.7 Å². The molecule has 216 valence electrons. The molecule has 1 atom stereocenters. The van der Waals surface area contributed by atoms with E-state index in [2.05, 4.69) is 5.32 Å². The Morgan fingerprint density at radius 3 is 2.34 bits per heavy atom. The van der Waals surface area contributed by atoms with Crippen LogP contribution in [0.2, 0.25) is 0 Å². The van der Waals surface area contributed by atoms with Crippen molar-refractivity contribution in [1.29, 1.82) is 0 Å². The third-order valence-electron chi connectivity index (χ3n) is 6.86. The first kappa shape index (κ1) is 29.4. The summed E-state index contributed by atoms with van der Waals surface area (Å²) in [6.45, 7) is 0.598. The largest absolute Gasteiger partial charge is 0.457 e. The Hall–Kier alpha value is -4.56. The molecule has 1 amide bonds. The van der Waals surface area contributed by atoms with Gasteiger partial charge in [-0.05, 0) is 41.8 Å². The molecule has 3 aromatic rings. The van der Waals surface area contributed by atoms with Crippen molar-refractivity contribution in [2.45, 2.75) is 30.7 Å². The number of ether oxygens (including phenoxy) is 1. The first-order chi connectivity index (χ1) is 19.3. The second-order valence-corrected chi connectivity index (χ2v) is 11.4. The maximum atomic E-state index is 13.7. The van der Waals surface area contributed by atoms with Crippen LogP contribution in [0.3, 0.4) is 0 Å². The van der Waals surface area contributed by atoms with Gasteiger partial charge in [0.1, 0.15) is 11.4 Å². The van der Waals surface area contributed by atoms with Gasteiger partial charge in [-0.3, -0.25) is 28.3 Å². The molecule has 2 aromatic carbocycles. The number of nitrogen functional groups attached to an aromatic ring is 1. The highest BCUT2D eigenvalue weighted by Gasteiger charge is 2.38. The van der Waals surface area contributed by atoms with Crippen molar-refractivity contribution in [3.05, 3.63) is 86.1 Å². The summed E-state index contributed by atoms with van der Waals surface area (Å²) >= 11 is 0. The van der Waals surface area contributed by atoms with Crippen molar-refractivity contribution < 1.29 is 27.5 Å². The van der Waals surface area contributed by atoms with E-state index in [9.17, 15) is 32.4 Å². The number of hydrogen-bond acceptors (Lipinski definition) is 9. The van der Waals surface area contributed by atoms with Gasteiger partial charge in [0.25, 0.3) is 5.56 Å². The third kappa shape index (κ3) is 5.83. The van der Waals surface area contributed by atoms with E-state index < -0.39 is 57.7 Å². The third-order valence-corrected chi connectivity index (χ3v) is 8.78. The van der Waals surface area contributed by atoms with Crippen LogP contribution in [0.5, 0.6) is 0 Å². The minimum atomic E-state index is -4.09. The lowest BCUT2D eigenvalue weighted by molar-refractivity contribution is -0.143. The van der Waals surface area contributed by atoms with Crippen LogP contribution in [0.1, 0.15) is 40.9 Å². The number of sulfonamides is 1. The minimum absolute atomic E-state index is 0.0273. The van der Waals surface area contributed by atoms with Crippen molar-refractivity contribution in [3.63, 3.8) is 0 Å². The quantitative estimate of drug-likeness (QED) is 0.285. The minimum Gasteiger partial charge on any atom is -0.457 e. The Morgan fingerprint density at radius 1 is 1.02 bits per heavy atom. The molecule has 14 heteroatoms. The Balaban J connectivity index is 1.58. The van der Waals surface area contributed by atoms with E-state index in [0.29, 0.717) is 17.7 Å². The van der Waals surface area contributed by atoms with Crippen molar-refractivity contribution in [1.82, 2.24) is 13.4 Å². The van der Waals surface area contributed by atoms with Crippen LogP contribution in [-0.2, 0) is 44.9 Å². The number of esters is 1. The molecule has 1 aromatic heterocycles. The number of hydrogen-bond donors (Lipinski definition) is 2. The molecule has 3 N–H and O–H groups in total. The van der Waals surface area contributed by atoms with E-state index in [1.165, 1.54) is 49.6 Å². The monoisotopic (exact) mass is 583 g/mol. The lowest BCUT2D eigenvalue weighted by Crippen LogP contribution is -2.42. The molecule has 0 radical (unpaired) electrons. The Kier molecular flexibility index (Phi) is 8.26. The number of carbonyl (C=O) groups excluding carboxylic acids is 3. The number of nitrogens with zero attached hydrogens (tertiary/aromatic N) is 3. The van der Waals surface area contributed by atoms with Crippen LogP contribution >= 0.6 is 0 Å². The smallest absolute Gasteiger partial charge is 0.332 e. The zero-order valence-electron chi connectivity index (χ0n) is 22.6. The van der Waals surface area contributed by atoms with Crippen molar-refractivity contribution in [2.24, 2.45) is 14.1 Å². The van der Waals surface area contributed by atoms with Crippen LogP contribution < -0.4 is 22.3 Å². The van der Waals surface area contributed by atoms with Gasteiger partial charge in [0, 0.05) is 33.3 Å². The van der Waals surface area contributed by atoms with E-state index in [1.807, 2.05) is 12.1 Å². The van der Waals surface area contributed by atoms with Gasteiger partial charge in [-0.15, -0.1) is 0 Å². The van der Waals surface area contributed by atoms with E-state index >= 15 is 0 Å². The average molecular weight is 584 g/mol. The number of carbonyl (C=O) groups is 3. The molecule has 0 saturated carbocycles. The van der Waals surface area contributed by atoms with Crippen molar-refractivity contribution >= 4 is 39.2 Å². The summed E-state index contributed by atoms with van der Waals surface area (Å²) in [6, 6.07) is 11.9. The Bertz CT molecular complexity index is 1760. The molecular weight excluding hydrogens is 554 g/mol. The highest BCUT2D eigenvalue weighted by Crippen LogP contribution is 2.36. The summed E-state index contributed by atoms with van der Waals surface area (Å²) in [5, 5.41) is 2.58. The SMILES string of the molecule is CC(=O)Nc1ccc(S(=O)(=O)N2CCc3ccccc3[C@@H]2CC(=O)OCC(=O)c2c(N)n(C)c(=O)n(C)c2=O)cc1. The zero-order chi connectivity index (χ0) is 30.1. The highest BCUT2D eigenvalue weighted by molar-refractivity contribution is 7.89. The second-order valence-electron chi connectivity index (χ2n) is 9.54. The van der Waals surface area contributed by atoms with Crippen LogP contribution in [0, 0.1) is 0 Å². The summed E-state index contributed by atoms with van der Waals surface area (Å²) in [4.78, 5) is 61.5. The molecule has 2 heterocycles. The summed E-state index contributed by atoms with van der Waals surface area (Å²) in [6.07, 6.45) is 0.00692. The molecule has 0 aliphatic carbocycles. The topological polar surface area (TPSA) is 180 Å². The molecular formula is C27H29N5O8S. The zero-order valence-corrected chi connectivity index (χ0v) is 23.4. The lowest BCUT2D eigenvalue weighted by atomic mass is 9.92. The lowest BCUT2D eigenvalue weighted by Gasteiger charge is -2.36. The van der Waals surface area contributed by atoms with Gasteiger partial charge in [0.05, 0.1) is 17.4 Å². The first-order valence-corrected chi connectivity index (χ1v) is 14.0. The summed E-state index contributed by atoms with van der Waals surface area (Å²) in [5.41, 5.74) is 5.60. The number of Topliss-reactive ketones (excluding diaryl/α,β-unsaturated/α-hetero) is 1. The van der Waals surface area contributed by atoms with Crippen LogP contribution in [0.15, 0.2) is 63.0 Å². The van der Waals surface area contributed by atoms with Crippen LogP contribution in [0.4, 0.5) is 11.5 Å².